The van der Waals surface area contributed by atoms with Crippen LogP contribution in [0.2, 0.25) is 0 Å². The molecule has 22 heavy (non-hydrogen) atoms. The molecule has 0 radical (unpaired) electrons. The molecule has 2 aromatic rings. The number of carbonyl (C=O) groups excluding carboxylic acids is 2. The van der Waals surface area contributed by atoms with Crippen molar-refractivity contribution >= 4 is 27.7 Å². The predicted octanol–water partition coefficient (Wildman–Crippen LogP) is 2.75. The molecule has 0 bridgehead atoms. The van der Waals surface area contributed by atoms with Gasteiger partial charge >= 0.3 is 0 Å². The number of rotatable bonds is 5. The van der Waals surface area contributed by atoms with Gasteiger partial charge in [-0.25, -0.2) is 4.39 Å². The quantitative estimate of drug-likeness (QED) is 0.801. The van der Waals surface area contributed by atoms with Gasteiger partial charge in [-0.1, -0.05) is 22.0 Å². The highest BCUT2D eigenvalue weighted by Crippen LogP contribution is 2.10. The van der Waals surface area contributed by atoms with Gasteiger partial charge in [-0.3, -0.25) is 9.59 Å². The summed E-state index contributed by atoms with van der Waals surface area (Å²) in [6.45, 7) is 0.549. The van der Waals surface area contributed by atoms with Crippen LogP contribution >= 0.6 is 15.9 Å². The topological polar surface area (TPSA) is 58.2 Å². The minimum absolute atomic E-state index is 0.215. The van der Waals surface area contributed by atoms with Crippen molar-refractivity contribution in [2.75, 3.05) is 13.1 Å². The Hall–Kier alpha value is -2.21. The second-order valence-electron chi connectivity index (χ2n) is 4.53. The van der Waals surface area contributed by atoms with Gasteiger partial charge in [-0.15, -0.1) is 0 Å². The van der Waals surface area contributed by atoms with Crippen LogP contribution in [0, 0.1) is 5.82 Å². The van der Waals surface area contributed by atoms with Gasteiger partial charge in [0.2, 0.25) is 0 Å². The minimum Gasteiger partial charge on any atom is -0.350 e. The summed E-state index contributed by atoms with van der Waals surface area (Å²) in [5, 5.41) is 5.31. The van der Waals surface area contributed by atoms with E-state index in [1.54, 1.807) is 24.3 Å². The van der Waals surface area contributed by atoms with Crippen LogP contribution in [0.3, 0.4) is 0 Å². The molecule has 0 aromatic heterocycles. The normalized spacial score (nSPS) is 10.1. The van der Waals surface area contributed by atoms with Gasteiger partial charge in [0.15, 0.2) is 0 Å². The zero-order valence-corrected chi connectivity index (χ0v) is 13.2. The van der Waals surface area contributed by atoms with Crippen LogP contribution in [-0.4, -0.2) is 24.9 Å². The first-order valence-electron chi connectivity index (χ1n) is 6.64. The molecule has 0 unspecified atom stereocenters. The number of hydrogen-bond donors (Lipinski definition) is 2. The Bertz CT molecular complexity index is 674. The van der Waals surface area contributed by atoms with Crippen molar-refractivity contribution in [3.05, 3.63) is 69.9 Å². The number of halogens is 2. The molecule has 0 saturated heterocycles. The van der Waals surface area contributed by atoms with E-state index < -0.39 is 5.82 Å². The molecule has 0 fully saturated rings. The smallest absolute Gasteiger partial charge is 0.251 e. The Kier molecular flexibility index (Phi) is 5.66. The average Bonchev–Trinajstić information content (AvgIpc) is 2.51. The Morgan fingerprint density at radius 1 is 0.909 bits per heavy atom. The molecule has 2 aromatic carbocycles. The molecule has 0 aliphatic heterocycles. The Labute approximate surface area is 135 Å². The maximum atomic E-state index is 13.0. The lowest BCUT2D eigenvalue weighted by Crippen LogP contribution is -2.34. The first-order valence-corrected chi connectivity index (χ1v) is 7.43. The molecular weight excluding hydrogens is 351 g/mol. The van der Waals surface area contributed by atoms with Gasteiger partial charge in [0.1, 0.15) is 5.82 Å². The molecule has 0 heterocycles. The summed E-state index contributed by atoms with van der Waals surface area (Å²) < 4.78 is 13.9. The molecule has 2 rings (SSSR count). The van der Waals surface area contributed by atoms with Crippen LogP contribution in [0.4, 0.5) is 4.39 Å². The molecule has 0 atom stereocenters. The molecule has 0 aliphatic rings. The third kappa shape index (κ3) is 4.66. The molecule has 0 saturated carbocycles. The van der Waals surface area contributed by atoms with Crippen molar-refractivity contribution in [2.24, 2.45) is 0 Å². The molecular formula is C16H14BrFN2O2. The zero-order valence-electron chi connectivity index (χ0n) is 11.6. The third-order valence-corrected chi connectivity index (χ3v) is 3.42. The van der Waals surface area contributed by atoms with Crippen LogP contribution < -0.4 is 10.6 Å². The van der Waals surface area contributed by atoms with Crippen molar-refractivity contribution < 1.29 is 14.0 Å². The number of nitrogens with one attached hydrogen (secondary N) is 2. The molecule has 114 valence electrons. The first kappa shape index (κ1) is 16.2. The monoisotopic (exact) mass is 364 g/mol. The Balaban J connectivity index is 1.76. The summed E-state index contributed by atoms with van der Waals surface area (Å²) in [4.78, 5) is 23.6. The Morgan fingerprint density at radius 3 is 2.09 bits per heavy atom. The van der Waals surface area contributed by atoms with Crippen LogP contribution in [0.5, 0.6) is 0 Å². The number of hydrogen-bond acceptors (Lipinski definition) is 2. The van der Waals surface area contributed by atoms with E-state index in [0.717, 1.165) is 10.5 Å². The molecule has 6 heteroatoms. The van der Waals surface area contributed by atoms with Crippen molar-refractivity contribution in [1.82, 2.24) is 10.6 Å². The predicted molar refractivity (Wildman–Crippen MR) is 85.2 cm³/mol. The largest absolute Gasteiger partial charge is 0.350 e. The van der Waals surface area contributed by atoms with Crippen LogP contribution in [0.15, 0.2) is 53.0 Å². The second kappa shape index (κ2) is 7.70. The SMILES string of the molecule is O=C(NCCNC(=O)c1cccc(F)c1)c1ccc(Br)cc1. The maximum absolute atomic E-state index is 13.0. The average molecular weight is 365 g/mol. The second-order valence-corrected chi connectivity index (χ2v) is 5.44. The fraction of sp³-hybridized carbons (Fsp3) is 0.125. The molecule has 0 aliphatic carbocycles. The lowest BCUT2D eigenvalue weighted by molar-refractivity contribution is 0.0927. The molecule has 0 spiro atoms. The first-order chi connectivity index (χ1) is 10.6. The fourth-order valence-corrected chi connectivity index (χ4v) is 2.05. The number of carbonyl (C=O) groups is 2. The highest BCUT2D eigenvalue weighted by molar-refractivity contribution is 9.10. The lowest BCUT2D eigenvalue weighted by atomic mass is 10.2. The van der Waals surface area contributed by atoms with Crippen molar-refractivity contribution in [3.8, 4) is 0 Å². The highest BCUT2D eigenvalue weighted by Gasteiger charge is 2.07. The summed E-state index contributed by atoms with van der Waals surface area (Å²) in [5.41, 5.74) is 0.791. The van der Waals surface area contributed by atoms with Crippen LogP contribution in [0.1, 0.15) is 20.7 Å². The molecule has 4 nitrogen and oxygen atoms in total. The van der Waals surface area contributed by atoms with Gasteiger partial charge in [0.05, 0.1) is 0 Å². The van der Waals surface area contributed by atoms with E-state index in [1.165, 1.54) is 18.2 Å². The van der Waals surface area contributed by atoms with E-state index in [2.05, 4.69) is 26.6 Å². The van der Waals surface area contributed by atoms with E-state index in [1.807, 2.05) is 0 Å². The van der Waals surface area contributed by atoms with Crippen molar-refractivity contribution in [3.63, 3.8) is 0 Å². The van der Waals surface area contributed by atoms with E-state index >= 15 is 0 Å². The summed E-state index contributed by atoms with van der Waals surface area (Å²) in [6, 6.07) is 12.4. The van der Waals surface area contributed by atoms with Gasteiger partial charge in [0, 0.05) is 28.7 Å². The van der Waals surface area contributed by atoms with Crippen LogP contribution in [-0.2, 0) is 0 Å². The van der Waals surface area contributed by atoms with Gasteiger partial charge in [-0.05, 0) is 42.5 Å². The number of benzene rings is 2. The van der Waals surface area contributed by atoms with E-state index in [4.69, 9.17) is 0 Å². The van der Waals surface area contributed by atoms with Gasteiger partial charge in [0.25, 0.3) is 11.8 Å². The molecule has 2 amide bonds. The van der Waals surface area contributed by atoms with Crippen LogP contribution in [0.25, 0.3) is 0 Å². The lowest BCUT2D eigenvalue weighted by Gasteiger charge is -2.07. The van der Waals surface area contributed by atoms with Gasteiger partial charge in [-0.2, -0.15) is 0 Å². The van der Waals surface area contributed by atoms with Gasteiger partial charge < -0.3 is 10.6 Å². The third-order valence-electron chi connectivity index (χ3n) is 2.89. The van der Waals surface area contributed by atoms with E-state index in [0.29, 0.717) is 5.56 Å². The maximum Gasteiger partial charge on any atom is 0.251 e. The standard InChI is InChI=1S/C16H14BrFN2O2/c17-13-6-4-11(5-7-13)15(21)19-8-9-20-16(22)12-2-1-3-14(18)10-12/h1-7,10H,8-9H2,(H,19,21)(H,20,22). The fourth-order valence-electron chi connectivity index (χ4n) is 1.79. The summed E-state index contributed by atoms with van der Waals surface area (Å²) in [6.07, 6.45) is 0. The van der Waals surface area contributed by atoms with Crippen molar-refractivity contribution in [2.45, 2.75) is 0 Å². The van der Waals surface area contributed by atoms with E-state index in [9.17, 15) is 14.0 Å². The summed E-state index contributed by atoms with van der Waals surface area (Å²) in [7, 11) is 0. The summed E-state index contributed by atoms with van der Waals surface area (Å²) >= 11 is 3.30. The highest BCUT2D eigenvalue weighted by atomic mass is 79.9. The zero-order chi connectivity index (χ0) is 15.9. The van der Waals surface area contributed by atoms with Crippen molar-refractivity contribution in [1.29, 1.82) is 0 Å². The minimum atomic E-state index is -0.462. The van der Waals surface area contributed by atoms with E-state index in [-0.39, 0.29) is 30.5 Å². The summed E-state index contributed by atoms with van der Waals surface area (Å²) in [5.74, 6) is -1.05. The number of amides is 2. The Morgan fingerprint density at radius 2 is 1.50 bits per heavy atom. The molecule has 2 N–H and O–H groups in total.